The molecule has 0 aromatic rings. The van der Waals surface area contributed by atoms with Crippen molar-refractivity contribution in [2.24, 2.45) is 17.3 Å². The molecule has 1 spiro atoms. The van der Waals surface area contributed by atoms with Crippen molar-refractivity contribution < 1.29 is 9.47 Å². The molecule has 1 aliphatic carbocycles. The Balaban J connectivity index is 2.25. The molecule has 2 heteroatoms. The van der Waals surface area contributed by atoms with Crippen molar-refractivity contribution in [2.45, 2.75) is 59.2 Å². The van der Waals surface area contributed by atoms with Gasteiger partial charge in [-0.2, -0.15) is 0 Å². The van der Waals surface area contributed by atoms with Crippen LogP contribution in [0.15, 0.2) is 0 Å². The van der Waals surface area contributed by atoms with E-state index in [1.165, 1.54) is 12.8 Å². The van der Waals surface area contributed by atoms with Crippen molar-refractivity contribution in [3.63, 3.8) is 0 Å². The second kappa shape index (κ2) is 4.30. The van der Waals surface area contributed by atoms with E-state index in [1.54, 1.807) is 0 Å². The first-order chi connectivity index (χ1) is 7.59. The van der Waals surface area contributed by atoms with E-state index >= 15 is 0 Å². The van der Waals surface area contributed by atoms with Crippen LogP contribution < -0.4 is 0 Å². The lowest BCUT2D eigenvalue weighted by Crippen LogP contribution is -2.46. The maximum Gasteiger partial charge on any atom is 0.174 e. The molecule has 94 valence electrons. The SMILES string of the molecule is CCC(C)C1CCC2(OCCO2)C1(C)CC. The number of hydrogen-bond acceptors (Lipinski definition) is 2. The summed E-state index contributed by atoms with van der Waals surface area (Å²) in [5, 5.41) is 0. The van der Waals surface area contributed by atoms with Crippen molar-refractivity contribution in [1.29, 1.82) is 0 Å². The molecule has 1 heterocycles. The van der Waals surface area contributed by atoms with Crippen LogP contribution >= 0.6 is 0 Å². The maximum absolute atomic E-state index is 6.01. The van der Waals surface area contributed by atoms with Crippen LogP contribution in [-0.2, 0) is 9.47 Å². The molecule has 2 rings (SSSR count). The zero-order valence-electron chi connectivity index (χ0n) is 11.2. The van der Waals surface area contributed by atoms with E-state index in [4.69, 9.17) is 9.47 Å². The second-order valence-corrected chi connectivity index (χ2v) is 5.75. The Morgan fingerprint density at radius 3 is 2.38 bits per heavy atom. The highest BCUT2D eigenvalue weighted by Crippen LogP contribution is 2.58. The Labute approximate surface area is 99.7 Å². The molecule has 0 amide bonds. The standard InChI is InChI=1S/C14H26O2/c1-5-11(3)12-7-8-14(13(12,4)6-2)15-9-10-16-14/h11-12H,5-10H2,1-4H3. The summed E-state index contributed by atoms with van der Waals surface area (Å²) in [5.74, 6) is 1.27. The molecule has 16 heavy (non-hydrogen) atoms. The van der Waals surface area contributed by atoms with Crippen molar-refractivity contribution in [1.82, 2.24) is 0 Å². The fraction of sp³-hybridized carbons (Fsp3) is 1.00. The molecule has 0 N–H and O–H groups in total. The number of ether oxygens (including phenoxy) is 2. The van der Waals surface area contributed by atoms with Gasteiger partial charge in [-0.1, -0.05) is 34.1 Å². The Morgan fingerprint density at radius 1 is 1.25 bits per heavy atom. The van der Waals surface area contributed by atoms with Gasteiger partial charge in [-0.15, -0.1) is 0 Å². The monoisotopic (exact) mass is 226 g/mol. The zero-order chi connectivity index (χ0) is 11.8. The fourth-order valence-electron chi connectivity index (χ4n) is 3.89. The molecule has 2 aliphatic rings. The molecule has 0 bridgehead atoms. The molecule has 0 aromatic carbocycles. The Hall–Kier alpha value is -0.0800. The third kappa shape index (κ3) is 1.53. The van der Waals surface area contributed by atoms with Crippen molar-refractivity contribution in [2.75, 3.05) is 13.2 Å². The zero-order valence-corrected chi connectivity index (χ0v) is 11.2. The van der Waals surface area contributed by atoms with Gasteiger partial charge in [0.15, 0.2) is 5.79 Å². The van der Waals surface area contributed by atoms with E-state index in [1.807, 2.05) is 0 Å². The van der Waals surface area contributed by atoms with Crippen LogP contribution in [0, 0.1) is 17.3 Å². The lowest BCUT2D eigenvalue weighted by molar-refractivity contribution is -0.228. The fourth-order valence-corrected chi connectivity index (χ4v) is 3.89. The summed E-state index contributed by atoms with van der Waals surface area (Å²) < 4.78 is 12.0. The van der Waals surface area contributed by atoms with Gasteiger partial charge in [-0.3, -0.25) is 0 Å². The van der Waals surface area contributed by atoms with Gasteiger partial charge < -0.3 is 9.47 Å². The molecule has 2 fully saturated rings. The first kappa shape index (κ1) is 12.4. The molecule has 3 unspecified atom stereocenters. The summed E-state index contributed by atoms with van der Waals surface area (Å²) in [6, 6.07) is 0. The predicted molar refractivity (Wildman–Crippen MR) is 65.2 cm³/mol. The normalized spacial score (nSPS) is 39.4. The summed E-state index contributed by atoms with van der Waals surface area (Å²) in [4.78, 5) is 0. The topological polar surface area (TPSA) is 18.5 Å². The number of rotatable bonds is 3. The van der Waals surface area contributed by atoms with E-state index in [0.29, 0.717) is 0 Å². The summed E-state index contributed by atoms with van der Waals surface area (Å²) in [6.07, 6.45) is 4.77. The highest BCUT2D eigenvalue weighted by atomic mass is 16.7. The quantitative estimate of drug-likeness (QED) is 0.732. The van der Waals surface area contributed by atoms with Gasteiger partial charge in [0.05, 0.1) is 13.2 Å². The minimum Gasteiger partial charge on any atom is -0.347 e. The van der Waals surface area contributed by atoms with Crippen LogP contribution in [0.1, 0.15) is 53.4 Å². The minimum absolute atomic E-state index is 0.207. The Bertz CT molecular complexity index is 245. The molecule has 3 atom stereocenters. The van der Waals surface area contributed by atoms with Crippen LogP contribution in [0.25, 0.3) is 0 Å². The first-order valence-electron chi connectivity index (χ1n) is 6.87. The molecule has 0 radical (unpaired) electrons. The third-order valence-corrected chi connectivity index (χ3v) is 5.29. The van der Waals surface area contributed by atoms with Gasteiger partial charge in [0.2, 0.25) is 0 Å². The average Bonchev–Trinajstić information content (AvgIpc) is 2.88. The Morgan fingerprint density at radius 2 is 1.88 bits per heavy atom. The Kier molecular flexibility index (Phi) is 3.33. The summed E-state index contributed by atoms with van der Waals surface area (Å²) >= 11 is 0. The highest BCUT2D eigenvalue weighted by Gasteiger charge is 2.60. The van der Waals surface area contributed by atoms with Crippen LogP contribution in [0.5, 0.6) is 0 Å². The van der Waals surface area contributed by atoms with Crippen molar-refractivity contribution in [3.05, 3.63) is 0 Å². The summed E-state index contributed by atoms with van der Waals surface area (Å²) in [7, 11) is 0. The highest BCUT2D eigenvalue weighted by molar-refractivity contribution is 5.03. The van der Waals surface area contributed by atoms with Gasteiger partial charge in [0, 0.05) is 11.8 Å². The van der Waals surface area contributed by atoms with Gasteiger partial charge in [0.1, 0.15) is 0 Å². The largest absolute Gasteiger partial charge is 0.347 e. The van der Waals surface area contributed by atoms with Gasteiger partial charge in [-0.05, 0) is 24.7 Å². The predicted octanol–water partition coefficient (Wildman–Crippen LogP) is 3.60. The minimum atomic E-state index is -0.254. The average molecular weight is 226 g/mol. The molecule has 1 aliphatic heterocycles. The lowest BCUT2D eigenvalue weighted by atomic mass is 9.68. The van der Waals surface area contributed by atoms with Crippen LogP contribution in [0.3, 0.4) is 0 Å². The van der Waals surface area contributed by atoms with E-state index < -0.39 is 0 Å². The maximum atomic E-state index is 6.01. The molecular weight excluding hydrogens is 200 g/mol. The summed E-state index contributed by atoms with van der Waals surface area (Å²) in [5.41, 5.74) is 0.207. The van der Waals surface area contributed by atoms with E-state index in [9.17, 15) is 0 Å². The van der Waals surface area contributed by atoms with Gasteiger partial charge in [0.25, 0.3) is 0 Å². The molecular formula is C14H26O2. The second-order valence-electron chi connectivity index (χ2n) is 5.75. The van der Waals surface area contributed by atoms with Crippen LogP contribution in [-0.4, -0.2) is 19.0 Å². The first-order valence-corrected chi connectivity index (χ1v) is 6.87. The van der Waals surface area contributed by atoms with E-state index in [2.05, 4.69) is 27.7 Å². The van der Waals surface area contributed by atoms with Crippen LogP contribution in [0.2, 0.25) is 0 Å². The molecule has 0 aromatic heterocycles. The third-order valence-electron chi connectivity index (χ3n) is 5.29. The van der Waals surface area contributed by atoms with Crippen molar-refractivity contribution >= 4 is 0 Å². The number of hydrogen-bond donors (Lipinski definition) is 0. The van der Waals surface area contributed by atoms with Crippen LogP contribution in [0.4, 0.5) is 0 Å². The summed E-state index contributed by atoms with van der Waals surface area (Å²) in [6.45, 7) is 10.9. The lowest BCUT2D eigenvalue weighted by Gasteiger charge is -2.43. The van der Waals surface area contributed by atoms with Gasteiger partial charge >= 0.3 is 0 Å². The molecule has 1 saturated heterocycles. The molecule has 2 nitrogen and oxygen atoms in total. The van der Waals surface area contributed by atoms with E-state index in [0.717, 1.165) is 37.9 Å². The molecule has 1 saturated carbocycles. The van der Waals surface area contributed by atoms with Crippen molar-refractivity contribution in [3.8, 4) is 0 Å². The van der Waals surface area contributed by atoms with Gasteiger partial charge in [-0.25, -0.2) is 0 Å². The van der Waals surface area contributed by atoms with E-state index in [-0.39, 0.29) is 11.2 Å². The smallest absolute Gasteiger partial charge is 0.174 e.